The summed E-state index contributed by atoms with van der Waals surface area (Å²) in [5, 5.41) is 14.4. The first-order valence-electron chi connectivity index (χ1n) is 6.86. The fourth-order valence-electron chi connectivity index (χ4n) is 2.24. The molecule has 1 saturated heterocycles. The molecule has 0 aliphatic carbocycles. The highest BCUT2D eigenvalue weighted by Crippen LogP contribution is 2.30. The Balaban J connectivity index is 2.24. The lowest BCUT2D eigenvalue weighted by atomic mass is 10.1. The molecule has 7 nitrogen and oxygen atoms in total. The first-order chi connectivity index (χ1) is 9.99. The van der Waals surface area contributed by atoms with Gasteiger partial charge in [0.2, 0.25) is 0 Å². The second kappa shape index (κ2) is 6.53. The molecule has 1 heterocycles. The molecule has 1 aliphatic heterocycles. The molecule has 0 radical (unpaired) electrons. The molecule has 1 aliphatic rings. The number of benzene rings is 1. The minimum Gasteiger partial charge on any atom is -0.483 e. The first-order valence-corrected chi connectivity index (χ1v) is 6.86. The molecular weight excluding hydrogens is 274 g/mol. The SMILES string of the molecule is CN(C)C(=O)c1ccc(OC2CCNCC2)c([N+](=O)[O-])c1. The van der Waals surface area contributed by atoms with Crippen LogP contribution in [-0.2, 0) is 0 Å². The van der Waals surface area contributed by atoms with E-state index in [-0.39, 0.29) is 29.0 Å². The van der Waals surface area contributed by atoms with Crippen LogP contribution in [0.4, 0.5) is 5.69 Å². The molecule has 0 saturated carbocycles. The molecule has 114 valence electrons. The lowest BCUT2D eigenvalue weighted by Gasteiger charge is -2.23. The Morgan fingerprint density at radius 1 is 1.38 bits per heavy atom. The molecule has 0 unspecified atom stereocenters. The van der Waals surface area contributed by atoms with Crippen molar-refractivity contribution in [1.82, 2.24) is 10.2 Å². The zero-order valence-electron chi connectivity index (χ0n) is 12.2. The van der Waals surface area contributed by atoms with Crippen molar-refractivity contribution in [2.24, 2.45) is 0 Å². The molecule has 1 aromatic rings. The third kappa shape index (κ3) is 3.69. The number of nitrogens with zero attached hydrogens (tertiary/aromatic N) is 2. The lowest BCUT2D eigenvalue weighted by Crippen LogP contribution is -2.34. The third-order valence-corrected chi connectivity index (χ3v) is 3.39. The van der Waals surface area contributed by atoms with Gasteiger partial charge < -0.3 is 15.0 Å². The predicted molar refractivity (Wildman–Crippen MR) is 77.6 cm³/mol. The maximum Gasteiger partial charge on any atom is 0.311 e. The molecule has 1 aromatic carbocycles. The van der Waals surface area contributed by atoms with Gasteiger partial charge in [-0.3, -0.25) is 14.9 Å². The highest BCUT2D eigenvalue weighted by Gasteiger charge is 2.23. The van der Waals surface area contributed by atoms with E-state index in [0.29, 0.717) is 0 Å². The Morgan fingerprint density at radius 3 is 2.62 bits per heavy atom. The number of nitro groups is 1. The van der Waals surface area contributed by atoms with E-state index in [9.17, 15) is 14.9 Å². The third-order valence-electron chi connectivity index (χ3n) is 3.39. The van der Waals surface area contributed by atoms with E-state index in [1.807, 2.05) is 0 Å². The summed E-state index contributed by atoms with van der Waals surface area (Å²) in [6.07, 6.45) is 1.60. The first kappa shape index (κ1) is 15.2. The van der Waals surface area contributed by atoms with Gasteiger partial charge >= 0.3 is 5.69 Å². The van der Waals surface area contributed by atoms with E-state index in [0.717, 1.165) is 25.9 Å². The van der Waals surface area contributed by atoms with Crippen LogP contribution in [0, 0.1) is 10.1 Å². The molecule has 0 atom stereocenters. The zero-order chi connectivity index (χ0) is 15.4. The Morgan fingerprint density at radius 2 is 2.05 bits per heavy atom. The second-order valence-electron chi connectivity index (χ2n) is 5.21. The quantitative estimate of drug-likeness (QED) is 0.670. The smallest absolute Gasteiger partial charge is 0.311 e. The molecule has 1 amide bonds. The maximum atomic E-state index is 11.9. The monoisotopic (exact) mass is 293 g/mol. The van der Waals surface area contributed by atoms with Gasteiger partial charge in [-0.15, -0.1) is 0 Å². The van der Waals surface area contributed by atoms with Crippen LogP contribution in [0.1, 0.15) is 23.2 Å². The Labute approximate surface area is 123 Å². The van der Waals surface area contributed by atoms with Crippen molar-refractivity contribution in [3.8, 4) is 5.75 Å². The predicted octanol–water partition coefficient (Wildman–Crippen LogP) is 1.43. The Kier molecular flexibility index (Phi) is 4.74. The van der Waals surface area contributed by atoms with Crippen LogP contribution in [0.2, 0.25) is 0 Å². The van der Waals surface area contributed by atoms with E-state index in [2.05, 4.69) is 5.32 Å². The number of carbonyl (C=O) groups excluding carboxylic acids is 1. The van der Waals surface area contributed by atoms with Gasteiger partial charge in [-0.05, 0) is 38.1 Å². The van der Waals surface area contributed by atoms with Crippen molar-refractivity contribution < 1.29 is 14.5 Å². The molecule has 7 heteroatoms. The number of amides is 1. The molecular formula is C14H19N3O4. The summed E-state index contributed by atoms with van der Waals surface area (Å²) in [4.78, 5) is 23.9. The van der Waals surface area contributed by atoms with Gasteiger partial charge in [0, 0.05) is 25.7 Å². The van der Waals surface area contributed by atoms with Crippen molar-refractivity contribution in [3.05, 3.63) is 33.9 Å². The standard InChI is InChI=1S/C14H19N3O4/c1-16(2)14(18)10-3-4-13(12(9-10)17(19)20)21-11-5-7-15-8-6-11/h3-4,9,11,15H,5-8H2,1-2H3. The number of nitrogens with one attached hydrogen (secondary N) is 1. The van der Waals surface area contributed by atoms with Crippen LogP contribution in [0.3, 0.4) is 0 Å². The number of hydrogen-bond donors (Lipinski definition) is 1. The normalized spacial score (nSPS) is 15.5. The summed E-state index contributed by atoms with van der Waals surface area (Å²) >= 11 is 0. The van der Waals surface area contributed by atoms with Gasteiger partial charge in [-0.1, -0.05) is 0 Å². The zero-order valence-corrected chi connectivity index (χ0v) is 12.2. The van der Waals surface area contributed by atoms with E-state index in [4.69, 9.17) is 4.74 Å². The summed E-state index contributed by atoms with van der Waals surface area (Å²) < 4.78 is 5.74. The summed E-state index contributed by atoms with van der Waals surface area (Å²) in [6, 6.07) is 4.35. The Bertz CT molecular complexity index is 539. The van der Waals surface area contributed by atoms with E-state index < -0.39 is 4.92 Å². The van der Waals surface area contributed by atoms with Gasteiger partial charge in [-0.25, -0.2) is 0 Å². The molecule has 1 fully saturated rings. The molecule has 1 N–H and O–H groups in total. The topological polar surface area (TPSA) is 84.7 Å². The van der Waals surface area contributed by atoms with Crippen LogP contribution in [0.25, 0.3) is 0 Å². The van der Waals surface area contributed by atoms with Gasteiger partial charge in [-0.2, -0.15) is 0 Å². The van der Waals surface area contributed by atoms with Crippen molar-refractivity contribution in [2.75, 3.05) is 27.2 Å². The van der Waals surface area contributed by atoms with Gasteiger partial charge in [0.05, 0.1) is 4.92 Å². The van der Waals surface area contributed by atoms with Gasteiger partial charge in [0.25, 0.3) is 5.91 Å². The second-order valence-corrected chi connectivity index (χ2v) is 5.21. The van der Waals surface area contributed by atoms with Crippen LogP contribution in [-0.4, -0.2) is 49.0 Å². The number of piperidine rings is 1. The molecule has 0 spiro atoms. The minimum absolute atomic E-state index is 0.0275. The summed E-state index contributed by atoms with van der Waals surface area (Å²) in [6.45, 7) is 1.69. The van der Waals surface area contributed by atoms with Crippen LogP contribution < -0.4 is 10.1 Å². The van der Waals surface area contributed by atoms with Crippen LogP contribution in [0.5, 0.6) is 5.75 Å². The van der Waals surface area contributed by atoms with Crippen molar-refractivity contribution in [2.45, 2.75) is 18.9 Å². The highest BCUT2D eigenvalue weighted by molar-refractivity contribution is 5.94. The van der Waals surface area contributed by atoms with Crippen molar-refractivity contribution >= 4 is 11.6 Å². The van der Waals surface area contributed by atoms with Gasteiger partial charge in [0.15, 0.2) is 5.75 Å². The molecule has 2 rings (SSSR count). The van der Waals surface area contributed by atoms with E-state index >= 15 is 0 Å². The number of nitro benzene ring substituents is 1. The fourth-order valence-corrected chi connectivity index (χ4v) is 2.24. The highest BCUT2D eigenvalue weighted by atomic mass is 16.6. The largest absolute Gasteiger partial charge is 0.483 e. The van der Waals surface area contributed by atoms with Crippen molar-refractivity contribution in [3.63, 3.8) is 0 Å². The summed E-state index contributed by atoms with van der Waals surface area (Å²) in [5.41, 5.74) is 0.116. The van der Waals surface area contributed by atoms with Gasteiger partial charge in [0.1, 0.15) is 6.10 Å². The average Bonchev–Trinajstić information content (AvgIpc) is 2.47. The van der Waals surface area contributed by atoms with Crippen molar-refractivity contribution in [1.29, 1.82) is 0 Å². The van der Waals surface area contributed by atoms with Crippen LogP contribution >= 0.6 is 0 Å². The molecule has 0 bridgehead atoms. The number of rotatable bonds is 4. The summed E-state index contributed by atoms with van der Waals surface area (Å²) in [7, 11) is 3.21. The average molecular weight is 293 g/mol. The number of carbonyl (C=O) groups is 1. The molecule has 21 heavy (non-hydrogen) atoms. The minimum atomic E-state index is -0.511. The number of hydrogen-bond acceptors (Lipinski definition) is 5. The number of ether oxygens (including phenoxy) is 1. The van der Waals surface area contributed by atoms with E-state index in [1.165, 1.54) is 17.0 Å². The Hall–Kier alpha value is -2.15. The lowest BCUT2D eigenvalue weighted by molar-refractivity contribution is -0.386. The maximum absolute atomic E-state index is 11.9. The van der Waals surface area contributed by atoms with Crippen LogP contribution in [0.15, 0.2) is 18.2 Å². The van der Waals surface area contributed by atoms with E-state index in [1.54, 1.807) is 20.2 Å². The fraction of sp³-hybridized carbons (Fsp3) is 0.500. The summed E-state index contributed by atoms with van der Waals surface area (Å²) in [5.74, 6) is -0.0475. The molecule has 0 aromatic heterocycles.